The molecule has 0 rings (SSSR count). The molecule has 17 heteroatoms. The zero-order valence-electron chi connectivity index (χ0n) is 9.68. The monoisotopic (exact) mass is 395 g/mol. The predicted octanol–water partition coefficient (Wildman–Crippen LogP) is 2.42. The molecule has 0 aromatic heterocycles. The van der Waals surface area contributed by atoms with Crippen LogP contribution in [0.15, 0.2) is 0 Å². The first-order valence-corrected chi connectivity index (χ1v) is 6.34. The lowest BCUT2D eigenvalue weighted by molar-refractivity contribution is -0.360. The lowest BCUT2D eigenvalue weighted by atomic mass is 10.6. The van der Waals surface area contributed by atoms with Crippen LogP contribution >= 0.6 is 0 Å². The SMILES string of the molecule is CN(S(=O)OC(F)(F)C(F)(F)F)S(=O)OC(F)(F)C(F)(F)F. The first-order chi connectivity index (χ1) is 9.42. The van der Waals surface area contributed by atoms with E-state index in [2.05, 4.69) is 8.37 Å². The van der Waals surface area contributed by atoms with Crippen molar-refractivity contribution in [2.45, 2.75) is 24.6 Å². The molecule has 134 valence electrons. The van der Waals surface area contributed by atoms with Gasteiger partial charge in [-0.3, -0.25) is 0 Å². The quantitative estimate of drug-likeness (QED) is 0.649. The second-order valence-corrected chi connectivity index (χ2v) is 5.60. The lowest BCUT2D eigenvalue weighted by Crippen LogP contribution is -2.45. The van der Waals surface area contributed by atoms with Crippen LogP contribution in [0.3, 0.4) is 0 Å². The molecule has 0 aromatic rings. The maximum atomic E-state index is 12.3. The van der Waals surface area contributed by atoms with Gasteiger partial charge in [0.05, 0.1) is 0 Å². The third-order valence-corrected chi connectivity index (χ3v) is 3.71. The van der Waals surface area contributed by atoms with Crippen molar-refractivity contribution < 1.29 is 60.7 Å². The minimum Gasteiger partial charge on any atom is -0.210 e. The summed E-state index contributed by atoms with van der Waals surface area (Å²) in [6, 6.07) is 0. The Bertz CT molecular complexity index is 408. The van der Waals surface area contributed by atoms with Crippen LogP contribution < -0.4 is 0 Å². The molecule has 2 atom stereocenters. The van der Waals surface area contributed by atoms with Crippen LogP contribution in [-0.2, 0) is 30.9 Å². The molecule has 0 radical (unpaired) electrons. The van der Waals surface area contributed by atoms with Gasteiger partial charge >= 0.3 is 24.6 Å². The fourth-order valence-corrected chi connectivity index (χ4v) is 1.77. The third kappa shape index (κ3) is 5.28. The number of hydrogen-bond acceptors (Lipinski definition) is 4. The second-order valence-electron chi connectivity index (χ2n) is 3.07. The van der Waals surface area contributed by atoms with E-state index in [0.717, 1.165) is 0 Å². The molecule has 0 saturated carbocycles. The van der Waals surface area contributed by atoms with Crippen LogP contribution in [0.5, 0.6) is 0 Å². The normalized spacial score (nSPS) is 17.6. The van der Waals surface area contributed by atoms with E-state index in [1.807, 2.05) is 0 Å². The lowest BCUT2D eigenvalue weighted by Gasteiger charge is -2.23. The average Bonchev–Trinajstić information content (AvgIpc) is 2.23. The van der Waals surface area contributed by atoms with Crippen LogP contribution in [-0.4, -0.2) is 43.7 Å². The van der Waals surface area contributed by atoms with Crippen molar-refractivity contribution in [2.24, 2.45) is 0 Å². The fraction of sp³-hybridized carbons (Fsp3) is 1.00. The Morgan fingerprint density at radius 2 is 0.909 bits per heavy atom. The van der Waals surface area contributed by atoms with Crippen molar-refractivity contribution >= 4 is 22.5 Å². The highest BCUT2D eigenvalue weighted by Gasteiger charge is 2.63. The summed E-state index contributed by atoms with van der Waals surface area (Å²) in [6.07, 6.45) is -24.9. The number of hydrogen-bond donors (Lipinski definition) is 0. The first-order valence-electron chi connectivity index (χ1n) is 4.28. The fourth-order valence-electron chi connectivity index (χ4n) is 0.428. The molecule has 0 aliphatic heterocycles. The van der Waals surface area contributed by atoms with Crippen LogP contribution in [0.4, 0.5) is 43.9 Å². The third-order valence-electron chi connectivity index (χ3n) is 1.43. The van der Waals surface area contributed by atoms with Crippen LogP contribution in [0.25, 0.3) is 0 Å². The number of rotatable bonds is 6. The summed E-state index contributed by atoms with van der Waals surface area (Å²) in [7, 11) is 0.0606. The predicted molar refractivity (Wildman–Crippen MR) is 48.2 cm³/mol. The molecule has 0 bridgehead atoms. The van der Waals surface area contributed by atoms with Gasteiger partial charge < -0.3 is 0 Å². The summed E-state index contributed by atoms with van der Waals surface area (Å²) >= 11 is -8.07. The van der Waals surface area contributed by atoms with Crippen molar-refractivity contribution in [1.82, 2.24) is 3.71 Å². The van der Waals surface area contributed by atoms with Gasteiger partial charge in [-0.1, -0.05) is 3.71 Å². The van der Waals surface area contributed by atoms with Crippen molar-refractivity contribution in [3.05, 3.63) is 0 Å². The van der Waals surface area contributed by atoms with Gasteiger partial charge in [-0.2, -0.15) is 43.9 Å². The highest BCUT2D eigenvalue weighted by molar-refractivity contribution is 7.93. The van der Waals surface area contributed by atoms with Gasteiger partial charge in [0, 0.05) is 7.05 Å². The molecule has 22 heavy (non-hydrogen) atoms. The maximum Gasteiger partial charge on any atom is 0.484 e. The molecular formula is C5H3F10NO4S2. The van der Waals surface area contributed by atoms with Gasteiger partial charge in [0.2, 0.25) is 0 Å². The van der Waals surface area contributed by atoms with E-state index >= 15 is 0 Å². The Morgan fingerprint density at radius 3 is 1.09 bits per heavy atom. The highest BCUT2D eigenvalue weighted by atomic mass is 32.3. The van der Waals surface area contributed by atoms with Crippen molar-refractivity contribution in [3.63, 3.8) is 0 Å². The van der Waals surface area contributed by atoms with E-state index in [1.165, 1.54) is 0 Å². The minimum absolute atomic E-state index is 0.0606. The van der Waals surface area contributed by atoms with E-state index in [1.54, 1.807) is 0 Å². The van der Waals surface area contributed by atoms with Gasteiger partial charge in [-0.25, -0.2) is 16.8 Å². The summed E-state index contributed by atoms with van der Waals surface area (Å²) in [4.78, 5) is 0. The Hall–Kier alpha value is -0.520. The smallest absolute Gasteiger partial charge is 0.210 e. The van der Waals surface area contributed by atoms with E-state index in [0.29, 0.717) is 0 Å². The zero-order chi connectivity index (χ0) is 18.1. The summed E-state index contributed by atoms with van der Waals surface area (Å²) < 4.78 is 145. The van der Waals surface area contributed by atoms with Gasteiger partial charge in [0.15, 0.2) is 0 Å². The minimum atomic E-state index is -6.37. The van der Waals surface area contributed by atoms with Gasteiger partial charge in [0.25, 0.3) is 22.5 Å². The van der Waals surface area contributed by atoms with Crippen molar-refractivity contribution in [2.75, 3.05) is 7.05 Å². The average molecular weight is 395 g/mol. The van der Waals surface area contributed by atoms with Crippen LogP contribution in [0.1, 0.15) is 0 Å². The topological polar surface area (TPSA) is 55.8 Å². The summed E-state index contributed by atoms with van der Waals surface area (Å²) in [6.45, 7) is 0. The molecule has 0 aliphatic rings. The molecule has 0 heterocycles. The Labute approximate surface area is 119 Å². The Kier molecular flexibility index (Phi) is 6.38. The number of halogens is 10. The second kappa shape index (κ2) is 6.54. The van der Waals surface area contributed by atoms with E-state index < -0.39 is 50.8 Å². The number of nitrogens with zero attached hydrogens (tertiary/aromatic N) is 1. The van der Waals surface area contributed by atoms with Gasteiger partial charge in [-0.05, 0) is 0 Å². The molecule has 5 nitrogen and oxygen atoms in total. The molecule has 0 aliphatic carbocycles. The summed E-state index contributed by atoms with van der Waals surface area (Å²) in [5.41, 5.74) is 0. The summed E-state index contributed by atoms with van der Waals surface area (Å²) in [5.74, 6) is 0. The van der Waals surface area contributed by atoms with Crippen molar-refractivity contribution in [3.8, 4) is 0 Å². The molecule has 0 saturated heterocycles. The van der Waals surface area contributed by atoms with Gasteiger partial charge in [-0.15, -0.1) is 0 Å². The zero-order valence-corrected chi connectivity index (χ0v) is 11.3. The van der Waals surface area contributed by atoms with Crippen molar-refractivity contribution in [1.29, 1.82) is 0 Å². The Balaban J connectivity index is 4.96. The number of alkyl halides is 10. The molecule has 0 N–H and O–H groups in total. The van der Waals surface area contributed by atoms with E-state index in [4.69, 9.17) is 0 Å². The standard InChI is InChI=1S/C5H3F10NO4S2/c1-16(21(17)19-4(12,13)2(6,7)8)22(18)20-5(14,15)3(9,10)11/h1H3. The summed E-state index contributed by atoms with van der Waals surface area (Å²) in [5, 5.41) is 0. The van der Waals surface area contributed by atoms with Crippen LogP contribution in [0.2, 0.25) is 0 Å². The van der Waals surface area contributed by atoms with Gasteiger partial charge in [0.1, 0.15) is 0 Å². The molecule has 0 spiro atoms. The molecule has 0 fully saturated rings. The molecule has 2 unspecified atom stereocenters. The maximum absolute atomic E-state index is 12.3. The molecule has 0 aromatic carbocycles. The molecular weight excluding hydrogens is 392 g/mol. The molecule has 0 amide bonds. The van der Waals surface area contributed by atoms with Crippen LogP contribution in [0, 0.1) is 0 Å². The Morgan fingerprint density at radius 1 is 0.682 bits per heavy atom. The highest BCUT2D eigenvalue weighted by Crippen LogP contribution is 2.39. The van der Waals surface area contributed by atoms with E-state index in [-0.39, 0.29) is 7.05 Å². The van der Waals surface area contributed by atoms with E-state index in [9.17, 15) is 52.3 Å². The largest absolute Gasteiger partial charge is 0.484 e. The first kappa shape index (κ1) is 21.5.